The summed E-state index contributed by atoms with van der Waals surface area (Å²) in [6, 6.07) is 6.31. The van der Waals surface area contributed by atoms with Gasteiger partial charge in [-0.25, -0.2) is 0 Å². The smallest absolute Gasteiger partial charge is 0.0545 e. The maximum Gasteiger partial charge on any atom is 0.0545 e. The van der Waals surface area contributed by atoms with Gasteiger partial charge in [0.15, 0.2) is 0 Å². The summed E-state index contributed by atoms with van der Waals surface area (Å²) in [7, 11) is 0. The minimum Gasteiger partial charge on any atom is -0.305 e. The Balaban J connectivity index is 2.74. The number of aryl methyl sites for hydroxylation is 2. The first-order chi connectivity index (χ1) is 7.90. The highest BCUT2D eigenvalue weighted by Gasteiger charge is 1.99. The van der Waals surface area contributed by atoms with Crippen LogP contribution in [-0.4, -0.2) is 5.71 Å². The molecule has 17 heavy (non-hydrogen) atoms. The molecule has 0 fully saturated rings. The molecule has 3 nitrogen and oxygen atoms in total. The molecule has 0 radical (unpaired) electrons. The molecule has 0 aromatic heterocycles. The first-order valence-corrected chi connectivity index (χ1v) is 5.73. The van der Waals surface area contributed by atoms with E-state index in [2.05, 4.69) is 42.9 Å². The number of allylic oxidation sites excluding steroid dienone is 2. The van der Waals surface area contributed by atoms with E-state index < -0.39 is 0 Å². The Hall–Kier alpha value is -1.77. The van der Waals surface area contributed by atoms with E-state index in [0.29, 0.717) is 5.71 Å². The molecule has 3 heteroatoms. The Labute approximate surface area is 103 Å². The van der Waals surface area contributed by atoms with Crippen LogP contribution in [-0.2, 0) is 0 Å². The largest absolute Gasteiger partial charge is 0.305 e. The van der Waals surface area contributed by atoms with Crippen LogP contribution in [0.4, 0.5) is 5.69 Å². The first-order valence-electron chi connectivity index (χ1n) is 5.73. The summed E-state index contributed by atoms with van der Waals surface area (Å²) in [5.41, 5.74) is 12.3. The summed E-state index contributed by atoms with van der Waals surface area (Å²) < 4.78 is 0. The van der Waals surface area contributed by atoms with E-state index in [-0.39, 0.29) is 0 Å². The summed E-state index contributed by atoms with van der Waals surface area (Å²) in [5, 5.41) is 7.56. The molecule has 0 atom stereocenters. The highest BCUT2D eigenvalue weighted by Crippen LogP contribution is 2.13. The lowest BCUT2D eigenvalue weighted by atomic mass is 10.1. The topological polar surface area (TPSA) is 47.9 Å². The van der Waals surface area contributed by atoms with Crippen LogP contribution in [0.2, 0.25) is 0 Å². The molecule has 0 aliphatic rings. The van der Waals surface area contributed by atoms with Gasteiger partial charge in [0.25, 0.3) is 0 Å². The second-order valence-corrected chi connectivity index (χ2v) is 4.50. The number of hydrogen-bond donors (Lipinski definition) is 3. The summed E-state index contributed by atoms with van der Waals surface area (Å²) in [5.74, 6) is 0. The second-order valence-electron chi connectivity index (χ2n) is 4.50. The van der Waals surface area contributed by atoms with Crippen LogP contribution in [0, 0.1) is 19.3 Å². The maximum absolute atomic E-state index is 7.56. The molecular formula is C14H21N3. The van der Waals surface area contributed by atoms with Crippen molar-refractivity contribution in [3.63, 3.8) is 0 Å². The van der Waals surface area contributed by atoms with Crippen LogP contribution >= 0.6 is 0 Å². The number of hydrazine groups is 1. The Morgan fingerprint density at radius 1 is 1.00 bits per heavy atom. The number of nitrogens with one attached hydrogen (secondary N) is 3. The molecule has 1 aromatic rings. The third kappa shape index (κ3) is 3.94. The second kappa shape index (κ2) is 5.53. The standard InChI is InChI=1S/C14H21N3/c1-9-6-10(2)8-14(7-9)17-16-13(5)11(3)12(4)15/h6-8,15-17H,1-5H3. The molecule has 0 saturated heterocycles. The van der Waals surface area contributed by atoms with E-state index in [4.69, 9.17) is 5.41 Å². The molecule has 0 amide bonds. The maximum atomic E-state index is 7.56. The third-order valence-electron chi connectivity index (χ3n) is 2.74. The van der Waals surface area contributed by atoms with Crippen molar-refractivity contribution in [1.29, 1.82) is 5.41 Å². The molecule has 92 valence electrons. The lowest BCUT2D eigenvalue weighted by Crippen LogP contribution is -2.21. The molecule has 1 rings (SSSR count). The zero-order valence-corrected chi connectivity index (χ0v) is 11.2. The predicted molar refractivity (Wildman–Crippen MR) is 74.4 cm³/mol. The molecular weight excluding hydrogens is 210 g/mol. The van der Waals surface area contributed by atoms with E-state index in [1.165, 1.54) is 11.1 Å². The zero-order chi connectivity index (χ0) is 13.0. The van der Waals surface area contributed by atoms with E-state index in [1.807, 2.05) is 13.8 Å². The molecule has 0 aliphatic heterocycles. The van der Waals surface area contributed by atoms with Crippen molar-refractivity contribution in [3.8, 4) is 0 Å². The molecule has 0 spiro atoms. The van der Waals surface area contributed by atoms with Crippen molar-refractivity contribution in [2.24, 2.45) is 0 Å². The Bertz CT molecular complexity index is 438. The fourth-order valence-electron chi connectivity index (χ4n) is 1.59. The van der Waals surface area contributed by atoms with Crippen LogP contribution < -0.4 is 10.9 Å². The van der Waals surface area contributed by atoms with E-state index in [0.717, 1.165) is 17.0 Å². The van der Waals surface area contributed by atoms with Crippen molar-refractivity contribution in [2.45, 2.75) is 34.6 Å². The van der Waals surface area contributed by atoms with Crippen LogP contribution in [0.1, 0.15) is 31.9 Å². The molecule has 0 heterocycles. The van der Waals surface area contributed by atoms with Gasteiger partial charge in [-0.3, -0.25) is 0 Å². The summed E-state index contributed by atoms with van der Waals surface area (Å²) in [4.78, 5) is 0. The first kappa shape index (κ1) is 13.3. The molecule has 0 aliphatic carbocycles. The van der Waals surface area contributed by atoms with E-state index in [1.54, 1.807) is 6.92 Å². The van der Waals surface area contributed by atoms with Gasteiger partial charge in [0.2, 0.25) is 0 Å². The zero-order valence-electron chi connectivity index (χ0n) is 11.2. The molecule has 3 N–H and O–H groups in total. The van der Waals surface area contributed by atoms with Crippen LogP contribution in [0.5, 0.6) is 0 Å². The SMILES string of the molecule is CC(=N)C(C)=C(C)NNc1cc(C)cc(C)c1. The number of hydrogen-bond acceptors (Lipinski definition) is 3. The average molecular weight is 231 g/mol. The third-order valence-corrected chi connectivity index (χ3v) is 2.74. The van der Waals surface area contributed by atoms with Crippen molar-refractivity contribution in [3.05, 3.63) is 40.6 Å². The van der Waals surface area contributed by atoms with Crippen molar-refractivity contribution in [2.75, 3.05) is 5.43 Å². The Kier molecular flexibility index (Phi) is 4.32. The molecule has 0 unspecified atom stereocenters. The minimum absolute atomic E-state index is 0.581. The quantitative estimate of drug-likeness (QED) is 0.548. The van der Waals surface area contributed by atoms with Gasteiger partial charge in [-0.1, -0.05) is 6.07 Å². The van der Waals surface area contributed by atoms with Crippen LogP contribution in [0.15, 0.2) is 29.5 Å². The van der Waals surface area contributed by atoms with E-state index in [9.17, 15) is 0 Å². The number of rotatable bonds is 4. The van der Waals surface area contributed by atoms with Crippen LogP contribution in [0.25, 0.3) is 0 Å². The van der Waals surface area contributed by atoms with Crippen LogP contribution in [0.3, 0.4) is 0 Å². The molecule has 0 saturated carbocycles. The lowest BCUT2D eigenvalue weighted by Gasteiger charge is -2.13. The fourth-order valence-corrected chi connectivity index (χ4v) is 1.59. The summed E-state index contributed by atoms with van der Waals surface area (Å²) >= 11 is 0. The predicted octanol–water partition coefficient (Wildman–Crippen LogP) is 3.55. The van der Waals surface area contributed by atoms with Gasteiger partial charge < -0.3 is 16.3 Å². The average Bonchev–Trinajstić information content (AvgIpc) is 2.23. The van der Waals surface area contributed by atoms with Gasteiger partial charge in [0, 0.05) is 11.4 Å². The van der Waals surface area contributed by atoms with Gasteiger partial charge in [-0.15, -0.1) is 0 Å². The summed E-state index contributed by atoms with van der Waals surface area (Å²) in [6.45, 7) is 9.84. The van der Waals surface area contributed by atoms with Gasteiger partial charge >= 0.3 is 0 Å². The van der Waals surface area contributed by atoms with Gasteiger partial charge in [-0.2, -0.15) is 0 Å². The van der Waals surface area contributed by atoms with Crippen molar-refractivity contribution >= 4 is 11.4 Å². The lowest BCUT2D eigenvalue weighted by molar-refractivity contribution is 0.945. The highest BCUT2D eigenvalue weighted by atomic mass is 15.4. The van der Waals surface area contributed by atoms with Crippen molar-refractivity contribution in [1.82, 2.24) is 5.43 Å². The Morgan fingerprint density at radius 3 is 2.00 bits per heavy atom. The summed E-state index contributed by atoms with van der Waals surface area (Å²) in [6.07, 6.45) is 0. The monoisotopic (exact) mass is 231 g/mol. The Morgan fingerprint density at radius 2 is 1.53 bits per heavy atom. The van der Waals surface area contributed by atoms with Gasteiger partial charge in [-0.05, 0) is 63.5 Å². The number of benzene rings is 1. The highest BCUT2D eigenvalue weighted by molar-refractivity contribution is 5.95. The van der Waals surface area contributed by atoms with Gasteiger partial charge in [0.1, 0.15) is 0 Å². The fraction of sp³-hybridized carbons (Fsp3) is 0.357. The minimum atomic E-state index is 0.581. The molecule has 0 bridgehead atoms. The number of anilines is 1. The van der Waals surface area contributed by atoms with Crippen molar-refractivity contribution < 1.29 is 0 Å². The van der Waals surface area contributed by atoms with E-state index >= 15 is 0 Å². The molecule has 1 aromatic carbocycles. The normalized spacial score (nSPS) is 11.8. The van der Waals surface area contributed by atoms with Gasteiger partial charge in [0.05, 0.1) is 5.69 Å².